The number of likely N-dealkylation sites (tertiary alicyclic amines) is 1. The van der Waals surface area contributed by atoms with Crippen molar-refractivity contribution in [3.63, 3.8) is 0 Å². The molecule has 6 heterocycles. The maximum Gasteiger partial charge on any atom is 0.394 e. The van der Waals surface area contributed by atoms with Crippen molar-refractivity contribution in [2.45, 2.75) is 75.7 Å². The Bertz CT molecular complexity index is 2410. The number of benzene rings is 2. The van der Waals surface area contributed by atoms with Crippen LogP contribution in [-0.4, -0.2) is 89.4 Å². The van der Waals surface area contributed by atoms with Crippen LogP contribution in [0.25, 0.3) is 32.1 Å². The second-order valence-corrected chi connectivity index (χ2v) is 19.0. The Morgan fingerprint density at radius 3 is 2.60 bits per heavy atom. The lowest BCUT2D eigenvalue weighted by Gasteiger charge is -2.70. The molecule has 0 radical (unpaired) electrons. The number of amides is 1. The van der Waals surface area contributed by atoms with Crippen molar-refractivity contribution in [3.05, 3.63) is 40.4 Å². The Kier molecular flexibility index (Phi) is 8.14. The first kappa shape index (κ1) is 37.2. The molecule has 2 aromatic carbocycles. The number of nitrogens with zero attached hydrogens (tertiary/aromatic N) is 6. The summed E-state index contributed by atoms with van der Waals surface area (Å²) in [6.07, 6.45) is -1.44. The van der Waals surface area contributed by atoms with Crippen LogP contribution in [-0.2, 0) is 4.79 Å². The molecule has 4 saturated heterocycles. The summed E-state index contributed by atoms with van der Waals surface area (Å²) >= 11 is 7.82. The fourth-order valence-electron chi connectivity index (χ4n) is 11.2. The highest BCUT2D eigenvalue weighted by atomic mass is 35.5. The molecule has 9 nitrogen and oxygen atoms in total. The zero-order chi connectivity index (χ0) is 39.9. The van der Waals surface area contributed by atoms with Gasteiger partial charge in [0.2, 0.25) is 5.91 Å². The monoisotopic (exact) mass is 829 g/mol. The van der Waals surface area contributed by atoms with Gasteiger partial charge in [-0.3, -0.25) is 9.69 Å². The quantitative estimate of drug-likeness (QED) is 0.193. The number of hydrogen-bond donors (Lipinski definition) is 1. The standard InChI is InChI=1S/C40H38ClF6N7O2S/c41-25-10-23-30(29(44)28(25)22-4-5-26(43)31-27(22)24(12-48)32(49)57-31)50-35(56-20-39-7-3-9-54(39)13-21(42)11-39)51-33(23)52-8-2-1-6-36(17-52)18-53(19-36)34(55)37-14-38(15-37,16-37)40(45,46)47/h4-5,10,21H,1-3,6-9,11,13-20,49H2/t21-,37?,38?,39+/m1/s1. The molecule has 2 N–H and O–H groups in total. The maximum absolute atomic E-state index is 17.3. The number of halogens is 7. The summed E-state index contributed by atoms with van der Waals surface area (Å²) in [5, 5.41) is 10.4. The molecule has 4 aliphatic heterocycles. The number of carbonyl (C=O) groups excluding carboxylic acids is 1. The molecule has 2 atom stereocenters. The number of fused-ring (bicyclic) bond motifs is 3. The average Bonchev–Trinajstić information content (AvgIpc) is 3.68. The van der Waals surface area contributed by atoms with E-state index in [2.05, 4.69) is 9.88 Å². The smallest absolute Gasteiger partial charge is 0.394 e. The van der Waals surface area contributed by atoms with Crippen LogP contribution in [0.4, 0.5) is 37.2 Å². The minimum absolute atomic E-state index is 0.00680. The third kappa shape index (κ3) is 5.39. The minimum Gasteiger partial charge on any atom is -0.461 e. The van der Waals surface area contributed by atoms with E-state index in [0.29, 0.717) is 50.3 Å². The van der Waals surface area contributed by atoms with Gasteiger partial charge in [-0.25, -0.2) is 13.2 Å². The Morgan fingerprint density at radius 2 is 1.86 bits per heavy atom. The van der Waals surface area contributed by atoms with Crippen LogP contribution in [0.15, 0.2) is 18.2 Å². The van der Waals surface area contributed by atoms with E-state index in [1.54, 1.807) is 11.0 Å². The number of nitrogen functional groups attached to an aromatic ring is 1. The summed E-state index contributed by atoms with van der Waals surface area (Å²) in [6.45, 7) is 2.90. The third-order valence-electron chi connectivity index (χ3n) is 13.9. The van der Waals surface area contributed by atoms with Crippen molar-refractivity contribution in [1.29, 1.82) is 5.26 Å². The summed E-state index contributed by atoms with van der Waals surface area (Å²) in [7, 11) is 0. The van der Waals surface area contributed by atoms with Crippen LogP contribution in [0, 0.1) is 39.2 Å². The number of alkyl halides is 4. The highest BCUT2D eigenvalue weighted by Gasteiger charge is 2.81. The predicted octanol–water partition coefficient (Wildman–Crippen LogP) is 8.40. The zero-order valence-corrected chi connectivity index (χ0v) is 32.3. The van der Waals surface area contributed by atoms with Crippen molar-refractivity contribution in [2.75, 3.05) is 56.5 Å². The van der Waals surface area contributed by atoms with Gasteiger partial charge in [0.05, 0.1) is 31.7 Å². The number of nitrogens with two attached hydrogens (primary N) is 1. The lowest BCUT2D eigenvalue weighted by Crippen LogP contribution is -2.75. The molecule has 17 heteroatoms. The fourth-order valence-corrected chi connectivity index (χ4v) is 12.5. The molecule has 1 amide bonds. The number of hydrogen-bond acceptors (Lipinski definition) is 9. The molecular weight excluding hydrogens is 792 g/mol. The number of ether oxygens (including phenoxy) is 1. The van der Waals surface area contributed by atoms with Gasteiger partial charge in [-0.15, -0.1) is 11.3 Å². The maximum atomic E-state index is 17.3. The van der Waals surface area contributed by atoms with Gasteiger partial charge >= 0.3 is 12.2 Å². The van der Waals surface area contributed by atoms with Crippen LogP contribution >= 0.6 is 22.9 Å². The number of nitriles is 1. The molecule has 11 rings (SSSR count). The molecule has 3 saturated carbocycles. The van der Waals surface area contributed by atoms with Gasteiger partial charge in [0.25, 0.3) is 0 Å². The number of rotatable bonds is 6. The number of aromatic nitrogens is 2. The second-order valence-electron chi connectivity index (χ2n) is 17.5. The van der Waals surface area contributed by atoms with E-state index in [0.717, 1.165) is 50.0 Å². The summed E-state index contributed by atoms with van der Waals surface area (Å²) < 4.78 is 94.1. The normalized spacial score (nSPS) is 29.2. The summed E-state index contributed by atoms with van der Waals surface area (Å²) in [4.78, 5) is 28.8. The summed E-state index contributed by atoms with van der Waals surface area (Å²) in [5.74, 6) is -1.30. The topological polar surface area (TPSA) is 112 Å². The van der Waals surface area contributed by atoms with E-state index in [9.17, 15) is 27.6 Å². The Hall–Kier alpha value is -4.07. The van der Waals surface area contributed by atoms with Gasteiger partial charge in [-0.05, 0) is 69.2 Å². The number of anilines is 2. The first-order valence-corrected chi connectivity index (χ1v) is 20.5. The van der Waals surface area contributed by atoms with E-state index >= 15 is 8.78 Å². The zero-order valence-electron chi connectivity index (χ0n) is 30.8. The molecule has 2 aromatic heterocycles. The van der Waals surface area contributed by atoms with E-state index in [-0.39, 0.29) is 85.5 Å². The van der Waals surface area contributed by atoms with Gasteiger partial charge < -0.3 is 20.3 Å². The lowest BCUT2D eigenvalue weighted by molar-refractivity contribution is -0.354. The van der Waals surface area contributed by atoms with Gasteiger partial charge in [-0.1, -0.05) is 24.1 Å². The van der Waals surface area contributed by atoms with Crippen molar-refractivity contribution >= 4 is 60.7 Å². The molecular formula is C40H38ClF6N7O2S. The van der Waals surface area contributed by atoms with Gasteiger partial charge in [-0.2, -0.15) is 28.4 Å². The third-order valence-corrected chi connectivity index (χ3v) is 15.2. The van der Waals surface area contributed by atoms with Crippen LogP contribution in [0.1, 0.15) is 63.4 Å². The highest BCUT2D eigenvalue weighted by molar-refractivity contribution is 7.23. The molecule has 0 unspecified atom stereocenters. The predicted molar refractivity (Wildman–Crippen MR) is 203 cm³/mol. The molecule has 7 fully saturated rings. The molecule has 300 valence electrons. The van der Waals surface area contributed by atoms with Crippen molar-refractivity contribution in [1.82, 2.24) is 19.8 Å². The Balaban J connectivity index is 1.02. The molecule has 57 heavy (non-hydrogen) atoms. The van der Waals surface area contributed by atoms with Crippen molar-refractivity contribution < 1.29 is 35.9 Å². The molecule has 7 aliphatic rings. The van der Waals surface area contributed by atoms with E-state index in [4.69, 9.17) is 27.1 Å². The van der Waals surface area contributed by atoms with Crippen LogP contribution in [0.3, 0.4) is 0 Å². The molecule has 3 aliphatic carbocycles. The van der Waals surface area contributed by atoms with Crippen LogP contribution in [0.2, 0.25) is 5.02 Å². The first-order valence-electron chi connectivity index (χ1n) is 19.3. The first-order chi connectivity index (χ1) is 27.1. The Morgan fingerprint density at radius 1 is 1.09 bits per heavy atom. The Labute approximate surface area is 332 Å². The second kappa shape index (κ2) is 12.5. The van der Waals surface area contributed by atoms with Crippen LogP contribution in [0.5, 0.6) is 6.01 Å². The largest absolute Gasteiger partial charge is 0.461 e. The minimum atomic E-state index is -4.30. The molecule has 4 aromatic rings. The average molecular weight is 830 g/mol. The molecule has 2 bridgehead atoms. The van der Waals surface area contributed by atoms with Gasteiger partial charge in [0.15, 0.2) is 5.82 Å². The van der Waals surface area contributed by atoms with E-state index in [1.165, 1.54) is 12.1 Å². The van der Waals surface area contributed by atoms with Gasteiger partial charge in [0, 0.05) is 60.9 Å². The van der Waals surface area contributed by atoms with Gasteiger partial charge in [0.1, 0.15) is 41.0 Å². The number of carbonyl (C=O) groups is 1. The summed E-state index contributed by atoms with van der Waals surface area (Å²) in [6, 6.07) is 6.00. The SMILES string of the molecule is N#Cc1c(N)sc2c(F)ccc(-c3c(Cl)cc4c(N5CCCCC6(CN(C(=O)C78CC(C(F)(F)F)(C7)C8)C6)C5)nc(OC[C@@]56CCCN5C[C@H](F)C6)nc4c3F)c12. The molecule has 1 spiro atoms. The lowest BCUT2D eigenvalue weighted by atomic mass is 9.34. The van der Waals surface area contributed by atoms with Crippen molar-refractivity contribution in [3.8, 4) is 23.2 Å². The van der Waals surface area contributed by atoms with E-state index < -0.39 is 40.4 Å². The fraction of sp³-hybridized carbons (Fsp3) is 0.550. The number of thiophene rings is 1. The van der Waals surface area contributed by atoms with E-state index in [1.807, 2.05) is 11.0 Å². The summed E-state index contributed by atoms with van der Waals surface area (Å²) in [5.41, 5.74) is 2.52. The van der Waals surface area contributed by atoms with Crippen LogP contribution < -0.4 is 15.4 Å². The van der Waals surface area contributed by atoms with Crippen molar-refractivity contribution in [2.24, 2.45) is 16.2 Å². The highest BCUT2D eigenvalue weighted by Crippen LogP contribution is 2.79.